The van der Waals surface area contributed by atoms with Gasteiger partial charge in [0.25, 0.3) is 0 Å². The van der Waals surface area contributed by atoms with Crippen molar-refractivity contribution in [2.75, 3.05) is 27.2 Å². The molecule has 0 radical (unpaired) electrons. The van der Waals surface area contributed by atoms with E-state index in [4.69, 9.17) is 0 Å². The van der Waals surface area contributed by atoms with E-state index in [0.29, 0.717) is 11.8 Å². The quantitative estimate of drug-likeness (QED) is 0.104. The lowest BCUT2D eigenvalue weighted by Crippen LogP contribution is -2.35. The molecule has 0 saturated heterocycles. The molecule has 0 aliphatic rings. The molecule has 1 aromatic rings. The van der Waals surface area contributed by atoms with E-state index >= 15 is 0 Å². The largest absolute Gasteiger partial charge is 0.315 e. The van der Waals surface area contributed by atoms with Crippen molar-refractivity contribution in [1.82, 2.24) is 15.3 Å². The maximum Gasteiger partial charge on any atom is 0.0355 e. The Morgan fingerprint density at radius 1 is 1.13 bits per heavy atom. The molecule has 0 aliphatic heterocycles. The highest BCUT2D eigenvalue weighted by atomic mass is 15.5. The van der Waals surface area contributed by atoms with Crippen LogP contribution >= 0.6 is 0 Å². The Hall–Kier alpha value is -3.06. The Bertz CT molecular complexity index is 1030. The van der Waals surface area contributed by atoms with E-state index in [1.807, 2.05) is 32.2 Å². The fourth-order valence-electron chi connectivity index (χ4n) is 4.40. The zero-order valence-corrected chi connectivity index (χ0v) is 25.1. The van der Waals surface area contributed by atoms with Crippen LogP contribution < -0.4 is 5.43 Å². The molecule has 0 aromatic heterocycles. The molecule has 3 nitrogen and oxygen atoms in total. The molecule has 1 rings (SSSR count). The van der Waals surface area contributed by atoms with E-state index < -0.39 is 0 Å². The Balaban J connectivity index is 2.99. The molecular formula is C35H51N3. The molecule has 0 heterocycles. The van der Waals surface area contributed by atoms with E-state index in [0.717, 1.165) is 50.0 Å². The highest BCUT2D eigenvalue weighted by Crippen LogP contribution is 2.29. The van der Waals surface area contributed by atoms with Gasteiger partial charge in [0.15, 0.2) is 0 Å². The first-order chi connectivity index (χ1) is 18.3. The fraction of sp³-hybridized carbons (Fsp3) is 0.429. The summed E-state index contributed by atoms with van der Waals surface area (Å²) < 4.78 is 0. The number of allylic oxidation sites excluding steroid dienone is 9. The minimum atomic E-state index is 0.384. The van der Waals surface area contributed by atoms with Gasteiger partial charge in [-0.1, -0.05) is 87.8 Å². The van der Waals surface area contributed by atoms with Gasteiger partial charge in [-0.25, -0.2) is 5.43 Å². The van der Waals surface area contributed by atoms with Crippen molar-refractivity contribution < 1.29 is 0 Å². The van der Waals surface area contributed by atoms with E-state index in [1.165, 1.54) is 16.8 Å². The summed E-state index contributed by atoms with van der Waals surface area (Å²) in [6.45, 7) is 21.9. The number of benzene rings is 1. The third-order valence-electron chi connectivity index (χ3n) is 6.61. The summed E-state index contributed by atoms with van der Waals surface area (Å²) in [4.78, 5) is 2.49. The maximum absolute atomic E-state index is 3.99. The van der Waals surface area contributed by atoms with Gasteiger partial charge in [-0.3, -0.25) is 4.90 Å². The topological polar surface area (TPSA) is 18.5 Å². The second-order valence-corrected chi connectivity index (χ2v) is 9.99. The number of hydrogen-bond acceptors (Lipinski definition) is 3. The van der Waals surface area contributed by atoms with Crippen LogP contribution in [0.15, 0.2) is 96.8 Å². The van der Waals surface area contributed by atoms with Crippen molar-refractivity contribution in [3.63, 3.8) is 0 Å². The SMILES string of the molecule is C=CCCN(CCC)Cc1ccc(C#CC(/C=C\C)=C/C=C/CC(/C(=C(\C)C=C)N(C)NC)C(C)C)cc1. The third kappa shape index (κ3) is 12.0. The van der Waals surface area contributed by atoms with Gasteiger partial charge in [0.2, 0.25) is 0 Å². The second kappa shape index (κ2) is 19.1. The van der Waals surface area contributed by atoms with Crippen LogP contribution in [0.5, 0.6) is 0 Å². The van der Waals surface area contributed by atoms with E-state index in [1.54, 1.807) is 0 Å². The summed E-state index contributed by atoms with van der Waals surface area (Å²) in [5.41, 5.74) is 9.09. The normalized spacial score (nSPS) is 13.6. The summed E-state index contributed by atoms with van der Waals surface area (Å²) in [5.74, 6) is 7.56. The lowest BCUT2D eigenvalue weighted by molar-refractivity contribution is 0.258. The molecule has 0 fully saturated rings. The minimum Gasteiger partial charge on any atom is -0.315 e. The van der Waals surface area contributed by atoms with Crippen LogP contribution in [0.3, 0.4) is 0 Å². The van der Waals surface area contributed by atoms with Crippen LogP contribution in [0.4, 0.5) is 0 Å². The van der Waals surface area contributed by atoms with Gasteiger partial charge in [-0.2, -0.15) is 0 Å². The summed E-state index contributed by atoms with van der Waals surface area (Å²) in [6.07, 6.45) is 17.7. The highest BCUT2D eigenvalue weighted by molar-refractivity contribution is 5.46. The number of hydrazine groups is 1. The van der Waals surface area contributed by atoms with Crippen molar-refractivity contribution in [3.8, 4) is 11.8 Å². The molecule has 0 spiro atoms. The summed E-state index contributed by atoms with van der Waals surface area (Å²) in [7, 11) is 4.02. The number of nitrogens with zero attached hydrogens (tertiary/aromatic N) is 2. The Morgan fingerprint density at radius 3 is 2.39 bits per heavy atom. The molecule has 1 aromatic carbocycles. The minimum absolute atomic E-state index is 0.384. The first kappa shape index (κ1) is 33.0. The summed E-state index contributed by atoms with van der Waals surface area (Å²) in [6, 6.07) is 8.66. The maximum atomic E-state index is 3.99. The van der Waals surface area contributed by atoms with Crippen LogP contribution in [0.25, 0.3) is 0 Å². The monoisotopic (exact) mass is 513 g/mol. The van der Waals surface area contributed by atoms with Crippen LogP contribution in [0.1, 0.15) is 65.0 Å². The predicted octanol–water partition coefficient (Wildman–Crippen LogP) is 8.07. The Labute approximate surface area is 234 Å². The average molecular weight is 514 g/mol. The number of rotatable bonds is 16. The van der Waals surface area contributed by atoms with Gasteiger partial charge in [-0.05, 0) is 74.9 Å². The Morgan fingerprint density at radius 2 is 1.84 bits per heavy atom. The zero-order valence-electron chi connectivity index (χ0n) is 25.1. The molecule has 1 N–H and O–H groups in total. The van der Waals surface area contributed by atoms with Gasteiger partial charge < -0.3 is 5.01 Å². The first-order valence-corrected chi connectivity index (χ1v) is 14.0. The van der Waals surface area contributed by atoms with Crippen LogP contribution in [0.2, 0.25) is 0 Å². The standard InChI is InChI=1S/C35H51N3/c1-10-14-27-38(26-12-3)28-33-24-22-32(23-25-33)21-20-31(17-11-2)18-15-16-19-34(29(5)6)35(30(7)13-4)37(9)36-8/h10-11,13,15-18,22-25,29,34,36H,1,4,12,14,19,26-28H2,2-3,5-9H3/b16-15+,17-11-,31-18+,35-30-. The lowest BCUT2D eigenvalue weighted by Gasteiger charge is -2.32. The van der Waals surface area contributed by atoms with Crippen molar-refractivity contribution in [3.05, 3.63) is 108 Å². The van der Waals surface area contributed by atoms with Crippen molar-refractivity contribution in [1.29, 1.82) is 0 Å². The second-order valence-electron chi connectivity index (χ2n) is 9.99. The van der Waals surface area contributed by atoms with E-state index in [2.05, 4.69) is 124 Å². The molecule has 206 valence electrons. The Kier molecular flexibility index (Phi) is 16.5. The van der Waals surface area contributed by atoms with Gasteiger partial charge in [0.05, 0.1) is 0 Å². The summed E-state index contributed by atoms with van der Waals surface area (Å²) >= 11 is 0. The number of hydrogen-bond donors (Lipinski definition) is 1. The van der Waals surface area contributed by atoms with E-state index in [-0.39, 0.29) is 0 Å². The smallest absolute Gasteiger partial charge is 0.0355 e. The molecule has 1 atom stereocenters. The van der Waals surface area contributed by atoms with Crippen molar-refractivity contribution in [2.24, 2.45) is 11.8 Å². The van der Waals surface area contributed by atoms with Gasteiger partial charge in [-0.15, -0.1) is 6.58 Å². The van der Waals surface area contributed by atoms with Crippen LogP contribution in [0, 0.1) is 23.7 Å². The zero-order chi connectivity index (χ0) is 28.3. The number of nitrogens with one attached hydrogen (secondary N) is 1. The summed E-state index contributed by atoms with van der Waals surface area (Å²) in [5, 5.41) is 2.11. The van der Waals surface area contributed by atoms with Gasteiger partial charge in [0.1, 0.15) is 0 Å². The molecule has 38 heavy (non-hydrogen) atoms. The van der Waals surface area contributed by atoms with Gasteiger partial charge >= 0.3 is 0 Å². The van der Waals surface area contributed by atoms with Crippen LogP contribution in [-0.4, -0.2) is 37.1 Å². The molecule has 0 saturated carbocycles. The molecule has 1 unspecified atom stereocenters. The van der Waals surface area contributed by atoms with Crippen molar-refractivity contribution in [2.45, 2.75) is 60.4 Å². The molecule has 0 aliphatic carbocycles. The predicted molar refractivity (Wildman–Crippen MR) is 168 cm³/mol. The fourth-order valence-corrected chi connectivity index (χ4v) is 4.40. The lowest BCUT2D eigenvalue weighted by atomic mass is 9.86. The molecule has 3 heteroatoms. The van der Waals surface area contributed by atoms with Gasteiger partial charge in [0, 0.05) is 49.9 Å². The first-order valence-electron chi connectivity index (χ1n) is 14.0. The molecule has 0 amide bonds. The average Bonchev–Trinajstić information content (AvgIpc) is 2.91. The third-order valence-corrected chi connectivity index (χ3v) is 6.61. The molecule has 0 bridgehead atoms. The van der Waals surface area contributed by atoms with Crippen LogP contribution in [-0.2, 0) is 6.54 Å². The van der Waals surface area contributed by atoms with E-state index in [9.17, 15) is 0 Å². The highest BCUT2D eigenvalue weighted by Gasteiger charge is 2.21. The molecular weight excluding hydrogens is 462 g/mol. The van der Waals surface area contributed by atoms with Crippen molar-refractivity contribution >= 4 is 0 Å².